The van der Waals surface area contributed by atoms with Crippen LogP contribution in [0.3, 0.4) is 0 Å². The van der Waals surface area contributed by atoms with Gasteiger partial charge in [-0.2, -0.15) is 0 Å². The summed E-state index contributed by atoms with van der Waals surface area (Å²) in [5, 5.41) is 17.4. The molecule has 0 aliphatic rings. The lowest BCUT2D eigenvalue weighted by molar-refractivity contribution is -0.139. The standard InChI is InChI=1S/C10H19O7P/c1-3-16-18(15,17-4-2)8(7-10(13)14)5-6-9(11)12/h8H,3-7H2,1-2H3,(H,11,12)(H,13,14). The monoisotopic (exact) mass is 282 g/mol. The second kappa shape index (κ2) is 8.24. The molecule has 0 aromatic heterocycles. The van der Waals surface area contributed by atoms with Crippen LogP contribution in [0.5, 0.6) is 0 Å². The number of aliphatic carboxylic acids is 2. The Kier molecular flexibility index (Phi) is 7.82. The van der Waals surface area contributed by atoms with E-state index in [0.717, 1.165) is 0 Å². The van der Waals surface area contributed by atoms with Gasteiger partial charge in [-0.05, 0) is 20.3 Å². The van der Waals surface area contributed by atoms with E-state index in [4.69, 9.17) is 19.3 Å². The fourth-order valence-corrected chi connectivity index (χ4v) is 3.51. The predicted molar refractivity (Wildman–Crippen MR) is 63.8 cm³/mol. The van der Waals surface area contributed by atoms with Crippen LogP contribution in [0, 0.1) is 0 Å². The highest BCUT2D eigenvalue weighted by Crippen LogP contribution is 2.55. The van der Waals surface area contributed by atoms with Crippen molar-refractivity contribution in [2.24, 2.45) is 0 Å². The molecule has 1 unspecified atom stereocenters. The maximum atomic E-state index is 12.4. The normalized spacial score (nSPS) is 13.2. The average molecular weight is 282 g/mol. The van der Waals surface area contributed by atoms with Crippen molar-refractivity contribution in [3.05, 3.63) is 0 Å². The molecule has 8 heteroatoms. The Labute approximate surface area is 106 Å². The fourth-order valence-electron chi connectivity index (χ4n) is 1.47. The van der Waals surface area contributed by atoms with Gasteiger partial charge in [0.1, 0.15) is 0 Å². The van der Waals surface area contributed by atoms with E-state index in [1.165, 1.54) is 0 Å². The van der Waals surface area contributed by atoms with Crippen molar-refractivity contribution in [3.63, 3.8) is 0 Å². The third kappa shape index (κ3) is 6.14. The first-order valence-electron chi connectivity index (χ1n) is 5.68. The SMILES string of the molecule is CCOP(=O)(OCC)C(CCC(=O)O)CC(=O)O. The van der Waals surface area contributed by atoms with Gasteiger partial charge in [-0.1, -0.05) is 0 Å². The lowest BCUT2D eigenvalue weighted by atomic mass is 10.2. The smallest absolute Gasteiger partial charge is 0.334 e. The van der Waals surface area contributed by atoms with Crippen molar-refractivity contribution < 1.29 is 33.4 Å². The van der Waals surface area contributed by atoms with Crippen LogP contribution in [0.15, 0.2) is 0 Å². The Hall–Kier alpha value is -0.910. The number of rotatable bonds is 10. The molecule has 0 spiro atoms. The van der Waals surface area contributed by atoms with Crippen LogP contribution >= 0.6 is 7.60 Å². The highest BCUT2D eigenvalue weighted by Gasteiger charge is 2.37. The lowest BCUT2D eigenvalue weighted by Gasteiger charge is -2.24. The zero-order chi connectivity index (χ0) is 14.2. The molecule has 0 saturated heterocycles. The number of hydrogen-bond donors (Lipinski definition) is 2. The molecular weight excluding hydrogens is 263 g/mol. The van der Waals surface area contributed by atoms with Crippen molar-refractivity contribution in [2.45, 2.75) is 38.8 Å². The number of hydrogen-bond acceptors (Lipinski definition) is 5. The minimum atomic E-state index is -3.58. The van der Waals surface area contributed by atoms with Gasteiger partial charge in [0, 0.05) is 6.42 Å². The molecule has 0 aromatic carbocycles. The summed E-state index contributed by atoms with van der Waals surface area (Å²) in [5.74, 6) is -2.24. The first-order valence-corrected chi connectivity index (χ1v) is 7.29. The van der Waals surface area contributed by atoms with Crippen LogP contribution in [0.25, 0.3) is 0 Å². The molecule has 7 nitrogen and oxygen atoms in total. The maximum Gasteiger partial charge on any atom is 0.334 e. The summed E-state index contributed by atoms with van der Waals surface area (Å²) in [4.78, 5) is 21.2. The van der Waals surface area contributed by atoms with E-state index in [2.05, 4.69) is 0 Å². The molecule has 0 aliphatic carbocycles. The molecule has 2 N–H and O–H groups in total. The molecule has 106 valence electrons. The van der Waals surface area contributed by atoms with E-state index in [1.54, 1.807) is 13.8 Å². The van der Waals surface area contributed by atoms with E-state index in [-0.39, 0.29) is 26.1 Å². The van der Waals surface area contributed by atoms with Gasteiger partial charge in [0.15, 0.2) is 0 Å². The predicted octanol–water partition coefficient (Wildman–Crippen LogP) is 1.96. The molecule has 18 heavy (non-hydrogen) atoms. The van der Waals surface area contributed by atoms with Crippen LogP contribution in [0.2, 0.25) is 0 Å². The Bertz CT molecular complexity index is 318. The Morgan fingerprint density at radius 3 is 1.94 bits per heavy atom. The maximum absolute atomic E-state index is 12.4. The number of carboxylic acid groups (broad SMARTS) is 2. The summed E-state index contributed by atoms with van der Waals surface area (Å²) >= 11 is 0. The van der Waals surface area contributed by atoms with Gasteiger partial charge in [0.2, 0.25) is 0 Å². The summed E-state index contributed by atoms with van der Waals surface area (Å²) in [6, 6.07) is 0. The van der Waals surface area contributed by atoms with Crippen LogP contribution < -0.4 is 0 Å². The van der Waals surface area contributed by atoms with E-state index in [1.807, 2.05) is 0 Å². The van der Waals surface area contributed by atoms with Gasteiger partial charge in [-0.15, -0.1) is 0 Å². The van der Waals surface area contributed by atoms with E-state index >= 15 is 0 Å². The molecule has 0 heterocycles. The molecule has 1 atom stereocenters. The Morgan fingerprint density at radius 2 is 1.61 bits per heavy atom. The van der Waals surface area contributed by atoms with Crippen molar-refractivity contribution >= 4 is 19.5 Å². The lowest BCUT2D eigenvalue weighted by Crippen LogP contribution is -2.19. The second-order valence-corrected chi connectivity index (χ2v) is 5.89. The molecule has 0 aromatic rings. The van der Waals surface area contributed by atoms with E-state index in [0.29, 0.717) is 0 Å². The highest BCUT2D eigenvalue weighted by molar-refractivity contribution is 7.54. The van der Waals surface area contributed by atoms with E-state index in [9.17, 15) is 14.2 Å². The summed E-state index contributed by atoms with van der Waals surface area (Å²) in [7, 11) is -3.58. The van der Waals surface area contributed by atoms with Gasteiger partial charge in [0.05, 0.1) is 25.3 Å². The quantitative estimate of drug-likeness (QED) is 0.589. The van der Waals surface area contributed by atoms with Crippen molar-refractivity contribution in [1.29, 1.82) is 0 Å². The minimum Gasteiger partial charge on any atom is -0.481 e. The summed E-state index contributed by atoms with van der Waals surface area (Å²) in [6.07, 6.45) is -0.772. The Morgan fingerprint density at radius 1 is 1.11 bits per heavy atom. The molecule has 0 saturated carbocycles. The summed E-state index contributed by atoms with van der Waals surface area (Å²) < 4.78 is 22.4. The molecule has 0 radical (unpaired) electrons. The minimum absolute atomic E-state index is 0.0566. The molecule has 0 amide bonds. The third-order valence-corrected chi connectivity index (χ3v) is 4.74. The van der Waals surface area contributed by atoms with E-state index < -0.39 is 31.6 Å². The highest BCUT2D eigenvalue weighted by atomic mass is 31.2. The van der Waals surface area contributed by atoms with Crippen molar-refractivity contribution in [3.8, 4) is 0 Å². The van der Waals surface area contributed by atoms with Gasteiger partial charge in [-0.3, -0.25) is 14.2 Å². The average Bonchev–Trinajstić information content (AvgIpc) is 2.24. The molecule has 0 aliphatic heterocycles. The molecule has 0 rings (SSSR count). The summed E-state index contributed by atoms with van der Waals surface area (Å²) in [6.45, 7) is 3.45. The van der Waals surface area contributed by atoms with Gasteiger partial charge >= 0.3 is 19.5 Å². The molecular formula is C10H19O7P. The number of carboxylic acids is 2. The first kappa shape index (κ1) is 17.1. The van der Waals surface area contributed by atoms with Crippen LogP contribution in [-0.2, 0) is 23.2 Å². The van der Waals surface area contributed by atoms with Gasteiger partial charge in [0.25, 0.3) is 0 Å². The Balaban J connectivity index is 4.90. The first-order chi connectivity index (χ1) is 8.35. The molecule has 0 bridgehead atoms. The zero-order valence-corrected chi connectivity index (χ0v) is 11.4. The zero-order valence-electron chi connectivity index (χ0n) is 10.5. The van der Waals surface area contributed by atoms with Crippen LogP contribution in [-0.4, -0.2) is 41.0 Å². The van der Waals surface area contributed by atoms with Crippen LogP contribution in [0.1, 0.15) is 33.1 Å². The third-order valence-electron chi connectivity index (χ3n) is 2.17. The van der Waals surface area contributed by atoms with Gasteiger partial charge < -0.3 is 19.3 Å². The second-order valence-electron chi connectivity index (χ2n) is 3.56. The summed E-state index contributed by atoms with van der Waals surface area (Å²) in [5.41, 5.74) is -0.939. The van der Waals surface area contributed by atoms with Crippen LogP contribution in [0.4, 0.5) is 0 Å². The van der Waals surface area contributed by atoms with Crippen molar-refractivity contribution in [2.75, 3.05) is 13.2 Å². The molecule has 0 fully saturated rings. The van der Waals surface area contributed by atoms with Crippen molar-refractivity contribution in [1.82, 2.24) is 0 Å². The number of carbonyl (C=O) groups is 2. The van der Waals surface area contributed by atoms with Gasteiger partial charge in [-0.25, -0.2) is 0 Å². The largest absolute Gasteiger partial charge is 0.481 e. The topological polar surface area (TPSA) is 110 Å². The fraction of sp³-hybridized carbons (Fsp3) is 0.800.